The van der Waals surface area contributed by atoms with E-state index in [0.717, 1.165) is 38.8 Å². The van der Waals surface area contributed by atoms with Crippen molar-refractivity contribution in [2.24, 2.45) is 0 Å². The summed E-state index contributed by atoms with van der Waals surface area (Å²) in [6, 6.07) is 20.6. The van der Waals surface area contributed by atoms with E-state index in [2.05, 4.69) is 15.6 Å². The normalized spacial score (nSPS) is 11.9. The second-order valence-electron chi connectivity index (χ2n) is 8.57. The second-order valence-corrected chi connectivity index (χ2v) is 9.01. The van der Waals surface area contributed by atoms with Gasteiger partial charge in [-0.3, -0.25) is 9.59 Å². The van der Waals surface area contributed by atoms with E-state index in [1.165, 1.54) is 0 Å². The Morgan fingerprint density at radius 3 is 2.47 bits per heavy atom. The molecule has 5 nitrogen and oxygen atoms in total. The first-order valence-corrected chi connectivity index (χ1v) is 11.7. The molecule has 34 heavy (non-hydrogen) atoms. The fraction of sp³-hybridized carbons (Fsp3) is 0.214. The first-order chi connectivity index (χ1) is 16.4. The van der Waals surface area contributed by atoms with Crippen LogP contribution in [0.4, 0.5) is 5.69 Å². The van der Waals surface area contributed by atoms with E-state index in [9.17, 15) is 9.59 Å². The molecule has 1 aromatic heterocycles. The molecule has 3 N–H and O–H groups in total. The Bertz CT molecular complexity index is 1310. The number of para-hydroxylation sites is 2. The number of carbonyl (C=O) groups excluding carboxylic acids is 2. The van der Waals surface area contributed by atoms with Gasteiger partial charge >= 0.3 is 0 Å². The predicted molar refractivity (Wildman–Crippen MR) is 138 cm³/mol. The quantitative estimate of drug-likeness (QED) is 0.305. The number of anilines is 1. The Hall–Kier alpha value is -3.57. The molecule has 1 atom stereocenters. The fourth-order valence-electron chi connectivity index (χ4n) is 4.17. The van der Waals surface area contributed by atoms with Crippen molar-refractivity contribution in [3.05, 3.63) is 100 Å². The Labute approximate surface area is 204 Å². The zero-order chi connectivity index (χ0) is 24.1. The minimum atomic E-state index is -0.718. The zero-order valence-corrected chi connectivity index (χ0v) is 20.1. The maximum absolute atomic E-state index is 13.4. The van der Waals surface area contributed by atoms with Gasteiger partial charge < -0.3 is 15.6 Å². The molecule has 0 fully saturated rings. The molecule has 4 rings (SSSR count). The number of halogens is 1. The summed E-state index contributed by atoms with van der Waals surface area (Å²) in [5.41, 5.74) is 5.70. The maximum Gasteiger partial charge on any atom is 0.247 e. The molecule has 0 spiro atoms. The van der Waals surface area contributed by atoms with Crippen LogP contribution < -0.4 is 10.6 Å². The number of benzene rings is 3. The van der Waals surface area contributed by atoms with Crippen molar-refractivity contribution in [1.29, 1.82) is 0 Å². The van der Waals surface area contributed by atoms with E-state index in [1.54, 1.807) is 6.07 Å². The van der Waals surface area contributed by atoms with E-state index in [0.29, 0.717) is 17.9 Å². The zero-order valence-electron chi connectivity index (χ0n) is 19.3. The minimum absolute atomic E-state index is 0.179. The Morgan fingerprint density at radius 1 is 0.971 bits per heavy atom. The van der Waals surface area contributed by atoms with Crippen LogP contribution in [0.25, 0.3) is 10.9 Å². The van der Waals surface area contributed by atoms with Gasteiger partial charge in [-0.1, -0.05) is 60.1 Å². The monoisotopic (exact) mass is 473 g/mol. The van der Waals surface area contributed by atoms with Gasteiger partial charge in [0.05, 0.1) is 0 Å². The number of aryl methyl sites for hydroxylation is 3. The van der Waals surface area contributed by atoms with Gasteiger partial charge in [-0.25, -0.2) is 0 Å². The number of fused-ring (bicyclic) bond motifs is 1. The van der Waals surface area contributed by atoms with Crippen molar-refractivity contribution in [2.75, 3.05) is 5.32 Å². The molecule has 0 radical (unpaired) electrons. The van der Waals surface area contributed by atoms with Crippen molar-refractivity contribution < 1.29 is 9.59 Å². The fourth-order valence-corrected chi connectivity index (χ4v) is 4.38. The highest BCUT2D eigenvalue weighted by Crippen LogP contribution is 2.22. The lowest BCUT2D eigenvalue weighted by Gasteiger charge is -2.20. The third kappa shape index (κ3) is 5.67. The van der Waals surface area contributed by atoms with Crippen LogP contribution in [0.2, 0.25) is 5.02 Å². The van der Waals surface area contributed by atoms with E-state index < -0.39 is 6.04 Å². The second kappa shape index (κ2) is 10.6. The van der Waals surface area contributed by atoms with Gasteiger partial charge in [0, 0.05) is 40.7 Å². The van der Waals surface area contributed by atoms with Gasteiger partial charge in [0.15, 0.2) is 0 Å². The summed E-state index contributed by atoms with van der Waals surface area (Å²) >= 11 is 6.06. The topological polar surface area (TPSA) is 74.0 Å². The molecule has 0 bridgehead atoms. The molecular formula is C28H28ClN3O2. The standard InChI is InChI=1S/C28H28ClN3O2/c1-18-7-5-8-19(2)27(18)32-28(34)25(16-21-17-30-24-12-4-3-11-23(21)24)31-26(33)14-13-20-9-6-10-22(29)15-20/h3-12,15,17,25,30H,13-14,16H2,1-2H3,(H,31,33)(H,32,34). The van der Waals surface area contributed by atoms with Gasteiger partial charge in [-0.2, -0.15) is 0 Å². The van der Waals surface area contributed by atoms with Crippen molar-refractivity contribution in [2.45, 2.75) is 39.2 Å². The van der Waals surface area contributed by atoms with Gasteiger partial charge in [0.2, 0.25) is 11.8 Å². The largest absolute Gasteiger partial charge is 0.361 e. The number of amides is 2. The molecule has 6 heteroatoms. The molecule has 0 aliphatic rings. The van der Waals surface area contributed by atoms with Gasteiger partial charge in [-0.05, 0) is 60.7 Å². The van der Waals surface area contributed by atoms with Crippen LogP contribution >= 0.6 is 11.6 Å². The number of nitrogens with one attached hydrogen (secondary N) is 3. The van der Waals surface area contributed by atoms with E-state index in [-0.39, 0.29) is 18.2 Å². The number of aromatic nitrogens is 1. The van der Waals surface area contributed by atoms with E-state index in [4.69, 9.17) is 11.6 Å². The number of rotatable bonds is 8. The molecule has 4 aromatic rings. The summed E-state index contributed by atoms with van der Waals surface area (Å²) in [5, 5.41) is 7.69. The first-order valence-electron chi connectivity index (χ1n) is 11.4. The lowest BCUT2D eigenvalue weighted by molar-refractivity contribution is -0.126. The number of hydrogen-bond donors (Lipinski definition) is 3. The molecule has 0 saturated carbocycles. The van der Waals surface area contributed by atoms with Crippen molar-refractivity contribution in [3.8, 4) is 0 Å². The Balaban J connectivity index is 1.52. The van der Waals surface area contributed by atoms with E-state index >= 15 is 0 Å². The molecule has 1 heterocycles. The van der Waals surface area contributed by atoms with Crippen molar-refractivity contribution >= 4 is 40.0 Å². The molecular weight excluding hydrogens is 446 g/mol. The summed E-state index contributed by atoms with van der Waals surface area (Å²) in [4.78, 5) is 29.5. The van der Waals surface area contributed by atoms with Gasteiger partial charge in [0.25, 0.3) is 0 Å². The summed E-state index contributed by atoms with van der Waals surface area (Å²) < 4.78 is 0. The SMILES string of the molecule is Cc1cccc(C)c1NC(=O)C(Cc1c[nH]c2ccccc12)NC(=O)CCc1cccc(Cl)c1. The lowest BCUT2D eigenvalue weighted by Crippen LogP contribution is -2.45. The third-order valence-electron chi connectivity index (χ3n) is 6.01. The molecule has 0 saturated heterocycles. The predicted octanol–water partition coefficient (Wildman–Crippen LogP) is 5.74. The Morgan fingerprint density at radius 2 is 1.71 bits per heavy atom. The van der Waals surface area contributed by atoms with Crippen LogP contribution in [0, 0.1) is 13.8 Å². The highest BCUT2D eigenvalue weighted by molar-refractivity contribution is 6.30. The molecule has 1 unspecified atom stereocenters. The average molecular weight is 474 g/mol. The minimum Gasteiger partial charge on any atom is -0.361 e. The highest BCUT2D eigenvalue weighted by Gasteiger charge is 2.23. The van der Waals surface area contributed by atoms with Crippen LogP contribution in [0.1, 0.15) is 28.7 Å². The van der Waals surface area contributed by atoms with Crippen LogP contribution in [-0.2, 0) is 22.4 Å². The van der Waals surface area contributed by atoms with Crippen molar-refractivity contribution in [3.63, 3.8) is 0 Å². The number of aromatic amines is 1. The van der Waals surface area contributed by atoms with Crippen LogP contribution in [0.3, 0.4) is 0 Å². The number of hydrogen-bond acceptors (Lipinski definition) is 2. The average Bonchev–Trinajstić information content (AvgIpc) is 3.22. The van der Waals surface area contributed by atoms with Crippen molar-refractivity contribution in [1.82, 2.24) is 10.3 Å². The van der Waals surface area contributed by atoms with Crippen LogP contribution in [0.15, 0.2) is 72.9 Å². The highest BCUT2D eigenvalue weighted by atomic mass is 35.5. The molecule has 0 aliphatic heterocycles. The summed E-state index contributed by atoms with van der Waals surface area (Å²) in [6.07, 6.45) is 3.10. The van der Waals surface area contributed by atoms with Crippen LogP contribution in [-0.4, -0.2) is 22.8 Å². The molecule has 0 aliphatic carbocycles. The molecule has 2 amide bonds. The summed E-state index contributed by atoms with van der Waals surface area (Å²) in [6.45, 7) is 3.92. The molecule has 174 valence electrons. The first kappa shape index (κ1) is 23.6. The third-order valence-corrected chi connectivity index (χ3v) is 6.24. The summed E-state index contributed by atoms with van der Waals surface area (Å²) in [5.74, 6) is -0.416. The number of carbonyl (C=O) groups is 2. The van der Waals surface area contributed by atoms with Gasteiger partial charge in [0.1, 0.15) is 6.04 Å². The maximum atomic E-state index is 13.4. The Kier molecular flexibility index (Phi) is 7.33. The van der Waals surface area contributed by atoms with E-state index in [1.807, 2.05) is 80.7 Å². The smallest absolute Gasteiger partial charge is 0.247 e. The number of H-pyrrole nitrogens is 1. The van der Waals surface area contributed by atoms with Crippen LogP contribution in [0.5, 0.6) is 0 Å². The molecule has 3 aromatic carbocycles. The van der Waals surface area contributed by atoms with Gasteiger partial charge in [-0.15, -0.1) is 0 Å². The summed E-state index contributed by atoms with van der Waals surface area (Å²) in [7, 11) is 0. The lowest BCUT2D eigenvalue weighted by atomic mass is 10.0.